The van der Waals surface area contributed by atoms with Crippen LogP contribution in [0.25, 0.3) is 0 Å². The number of carbonyl (C=O) groups is 2. The summed E-state index contributed by atoms with van der Waals surface area (Å²) >= 11 is 0. The van der Waals surface area contributed by atoms with Gasteiger partial charge in [-0.3, -0.25) is 9.59 Å². The number of amides is 1. The van der Waals surface area contributed by atoms with E-state index in [1.54, 1.807) is 12.1 Å². The lowest BCUT2D eigenvalue weighted by Gasteiger charge is -2.23. The van der Waals surface area contributed by atoms with Crippen molar-refractivity contribution in [2.24, 2.45) is 29.1 Å². The number of allylic oxidation sites excluding steroid dienone is 2. The van der Waals surface area contributed by atoms with Crippen LogP contribution in [0.15, 0.2) is 36.4 Å². The van der Waals surface area contributed by atoms with Crippen LogP contribution in [0.5, 0.6) is 0 Å². The van der Waals surface area contributed by atoms with Crippen molar-refractivity contribution in [1.29, 1.82) is 0 Å². The number of carboxylic acids is 1. The molecule has 4 rings (SSSR count). The fraction of sp³-hybridized carbons (Fsp3) is 0.444. The average Bonchev–Trinajstić information content (AvgIpc) is 3.20. The Morgan fingerprint density at radius 3 is 2.30 bits per heavy atom. The lowest BCUT2D eigenvalue weighted by Crippen LogP contribution is -2.39. The summed E-state index contributed by atoms with van der Waals surface area (Å²) in [6.45, 7) is 0.288. The van der Waals surface area contributed by atoms with Gasteiger partial charge in [0.1, 0.15) is 5.82 Å². The van der Waals surface area contributed by atoms with Crippen LogP contribution in [0, 0.1) is 34.9 Å². The van der Waals surface area contributed by atoms with E-state index in [2.05, 4.69) is 5.32 Å². The summed E-state index contributed by atoms with van der Waals surface area (Å²) < 4.78 is 12.9. The van der Waals surface area contributed by atoms with Gasteiger partial charge in [-0.15, -0.1) is 0 Å². The third kappa shape index (κ3) is 2.10. The van der Waals surface area contributed by atoms with E-state index in [0.29, 0.717) is 0 Å². The first-order chi connectivity index (χ1) is 11.0. The first-order valence-electron chi connectivity index (χ1n) is 7.96. The molecule has 0 heterocycles. The maximum Gasteiger partial charge on any atom is 0.307 e. The van der Waals surface area contributed by atoms with Crippen LogP contribution in [-0.2, 0) is 16.1 Å². The monoisotopic (exact) mass is 315 g/mol. The molecule has 2 saturated carbocycles. The molecule has 0 radical (unpaired) electrons. The van der Waals surface area contributed by atoms with Gasteiger partial charge in [0.05, 0.1) is 11.8 Å². The highest BCUT2D eigenvalue weighted by Crippen LogP contribution is 2.71. The molecule has 5 heteroatoms. The van der Waals surface area contributed by atoms with Crippen LogP contribution in [0.1, 0.15) is 18.4 Å². The third-order valence-corrected chi connectivity index (χ3v) is 5.81. The highest BCUT2D eigenvalue weighted by Gasteiger charge is 2.69. The topological polar surface area (TPSA) is 66.4 Å². The Kier molecular flexibility index (Phi) is 3.08. The molecule has 0 aromatic heterocycles. The van der Waals surface area contributed by atoms with Crippen molar-refractivity contribution in [1.82, 2.24) is 5.32 Å². The zero-order valence-electron chi connectivity index (χ0n) is 12.5. The van der Waals surface area contributed by atoms with Gasteiger partial charge in [-0.1, -0.05) is 24.3 Å². The van der Waals surface area contributed by atoms with Crippen LogP contribution >= 0.6 is 0 Å². The Bertz CT molecular complexity index is 693. The van der Waals surface area contributed by atoms with Gasteiger partial charge in [0, 0.05) is 6.54 Å². The molecule has 0 unspecified atom stereocenters. The van der Waals surface area contributed by atoms with Gasteiger partial charge in [-0.2, -0.15) is 0 Å². The maximum absolute atomic E-state index is 12.9. The minimum absolute atomic E-state index is 0.00780. The van der Waals surface area contributed by atoms with E-state index >= 15 is 0 Å². The van der Waals surface area contributed by atoms with E-state index in [0.717, 1.165) is 18.4 Å². The van der Waals surface area contributed by atoms with Gasteiger partial charge in [-0.25, -0.2) is 4.39 Å². The van der Waals surface area contributed by atoms with E-state index in [-0.39, 0.29) is 35.5 Å². The molecule has 3 aliphatic rings. The van der Waals surface area contributed by atoms with Crippen LogP contribution in [0.2, 0.25) is 0 Å². The second-order valence-electron chi connectivity index (χ2n) is 6.90. The molecule has 4 nitrogen and oxygen atoms in total. The van der Waals surface area contributed by atoms with Gasteiger partial charge in [-0.05, 0) is 47.8 Å². The number of rotatable bonds is 4. The Morgan fingerprint density at radius 1 is 1.13 bits per heavy atom. The van der Waals surface area contributed by atoms with Crippen LogP contribution in [-0.4, -0.2) is 17.0 Å². The third-order valence-electron chi connectivity index (χ3n) is 5.81. The quantitative estimate of drug-likeness (QED) is 0.838. The molecule has 3 aliphatic carbocycles. The van der Waals surface area contributed by atoms with E-state index in [4.69, 9.17) is 0 Å². The van der Waals surface area contributed by atoms with Crippen LogP contribution < -0.4 is 5.32 Å². The number of carbonyl (C=O) groups excluding carboxylic acids is 1. The van der Waals surface area contributed by atoms with Crippen molar-refractivity contribution in [3.8, 4) is 0 Å². The fourth-order valence-electron chi connectivity index (χ4n) is 4.60. The Balaban J connectivity index is 1.50. The zero-order chi connectivity index (χ0) is 16.2. The highest BCUT2D eigenvalue weighted by atomic mass is 19.1. The van der Waals surface area contributed by atoms with Crippen LogP contribution in [0.3, 0.4) is 0 Å². The SMILES string of the molecule is O=C(O)[C@@H]1[C@@H](C(=O)NCc2ccc(F)cc2)[C@H]2C=C[C@H]1C21CC1. The van der Waals surface area contributed by atoms with Gasteiger partial charge in [0.2, 0.25) is 5.91 Å². The minimum atomic E-state index is -0.880. The predicted octanol–water partition coefficient (Wildman–Crippen LogP) is 2.35. The molecule has 120 valence electrons. The second-order valence-corrected chi connectivity index (χ2v) is 6.90. The molecule has 1 spiro atoms. The summed E-state index contributed by atoms with van der Waals surface area (Å²) in [5, 5.41) is 12.4. The summed E-state index contributed by atoms with van der Waals surface area (Å²) in [7, 11) is 0. The first kappa shape index (κ1) is 14.4. The number of hydrogen-bond donors (Lipinski definition) is 2. The summed E-state index contributed by atoms with van der Waals surface area (Å²) in [5.74, 6) is -2.49. The van der Waals surface area contributed by atoms with Crippen molar-refractivity contribution in [3.05, 3.63) is 47.8 Å². The van der Waals surface area contributed by atoms with Gasteiger partial charge in [0.15, 0.2) is 0 Å². The summed E-state index contributed by atoms with van der Waals surface area (Å²) in [6, 6.07) is 5.93. The van der Waals surface area contributed by atoms with Crippen molar-refractivity contribution in [2.75, 3.05) is 0 Å². The van der Waals surface area contributed by atoms with E-state index in [9.17, 15) is 19.1 Å². The van der Waals surface area contributed by atoms with Gasteiger partial charge < -0.3 is 10.4 Å². The number of aliphatic carboxylic acids is 1. The Morgan fingerprint density at radius 2 is 1.74 bits per heavy atom. The highest BCUT2D eigenvalue weighted by molar-refractivity contribution is 5.87. The molecule has 1 aromatic rings. The number of hydrogen-bond acceptors (Lipinski definition) is 2. The predicted molar refractivity (Wildman–Crippen MR) is 80.6 cm³/mol. The maximum atomic E-state index is 12.9. The summed E-state index contributed by atoms with van der Waals surface area (Å²) in [6.07, 6.45) is 6.07. The summed E-state index contributed by atoms with van der Waals surface area (Å²) in [4.78, 5) is 24.3. The molecular weight excluding hydrogens is 297 g/mol. The van der Waals surface area contributed by atoms with E-state index in [1.807, 2.05) is 12.2 Å². The van der Waals surface area contributed by atoms with E-state index < -0.39 is 17.8 Å². The molecule has 0 aliphatic heterocycles. The molecule has 2 bridgehead atoms. The zero-order valence-corrected chi connectivity index (χ0v) is 12.5. The van der Waals surface area contributed by atoms with Crippen molar-refractivity contribution < 1.29 is 19.1 Å². The molecule has 23 heavy (non-hydrogen) atoms. The molecule has 1 aromatic carbocycles. The normalized spacial score (nSPS) is 32.2. The molecule has 2 fully saturated rings. The molecule has 4 atom stereocenters. The van der Waals surface area contributed by atoms with Gasteiger partial charge >= 0.3 is 5.97 Å². The lowest BCUT2D eigenvalue weighted by atomic mass is 9.82. The average molecular weight is 315 g/mol. The lowest BCUT2D eigenvalue weighted by molar-refractivity contribution is -0.147. The van der Waals surface area contributed by atoms with Crippen molar-refractivity contribution in [3.63, 3.8) is 0 Å². The fourth-order valence-corrected chi connectivity index (χ4v) is 4.60. The van der Waals surface area contributed by atoms with Gasteiger partial charge in [0.25, 0.3) is 0 Å². The number of carboxylic acid groups (broad SMARTS) is 1. The van der Waals surface area contributed by atoms with Crippen molar-refractivity contribution >= 4 is 11.9 Å². The largest absolute Gasteiger partial charge is 0.481 e. The second kappa shape index (κ2) is 4.91. The molecule has 0 saturated heterocycles. The molecular formula is C18H18FNO3. The van der Waals surface area contributed by atoms with Crippen molar-refractivity contribution in [2.45, 2.75) is 19.4 Å². The summed E-state index contributed by atoms with van der Waals surface area (Å²) in [5.41, 5.74) is 0.826. The number of nitrogens with one attached hydrogen (secondary N) is 1. The molecule has 1 amide bonds. The molecule has 2 N–H and O–H groups in total. The number of halogens is 1. The Labute approximate surface area is 133 Å². The van der Waals surface area contributed by atoms with Crippen LogP contribution in [0.4, 0.5) is 4.39 Å². The standard InChI is InChI=1S/C18H18FNO3/c19-11-3-1-10(2-4-11)9-20-16(21)14-12-5-6-13(15(14)17(22)23)18(12)7-8-18/h1-6,12-15H,7-9H2,(H,20,21)(H,22,23)/t12-,13-,14+,15+/m1/s1. The van der Waals surface area contributed by atoms with E-state index in [1.165, 1.54) is 12.1 Å². The minimum Gasteiger partial charge on any atom is -0.481 e. The number of benzene rings is 1. The first-order valence-corrected chi connectivity index (χ1v) is 7.96. The smallest absolute Gasteiger partial charge is 0.307 e. The Hall–Kier alpha value is -2.17.